The molecule has 2 rings (SSSR count). The van der Waals surface area contributed by atoms with E-state index in [4.69, 9.17) is 5.26 Å². The first-order valence-corrected chi connectivity index (χ1v) is 6.43. The number of hydrogen-bond donors (Lipinski definition) is 1. The van der Waals surface area contributed by atoms with Gasteiger partial charge in [0.2, 0.25) is 0 Å². The van der Waals surface area contributed by atoms with Crippen LogP contribution in [0.5, 0.6) is 0 Å². The maximum atomic E-state index is 13.0. The quantitative estimate of drug-likeness (QED) is 0.826. The van der Waals surface area contributed by atoms with Crippen molar-refractivity contribution < 1.29 is 17.6 Å². The summed E-state index contributed by atoms with van der Waals surface area (Å²) >= 11 is 0. The Morgan fingerprint density at radius 2 is 1.80 bits per heavy atom. The zero-order valence-corrected chi connectivity index (χ0v) is 10.7. The molecule has 6 heteroatoms. The highest BCUT2D eigenvalue weighted by atomic mass is 19.4. The van der Waals surface area contributed by atoms with Crippen LogP contribution in [-0.4, -0.2) is 12.2 Å². The summed E-state index contributed by atoms with van der Waals surface area (Å²) in [5.74, 6) is -1.74. The Bertz CT molecular complexity index is 511. The average Bonchev–Trinajstić information content (AvgIpc) is 2.40. The third-order valence-electron chi connectivity index (χ3n) is 3.65. The standard InChI is InChI=1S/C14H14F4N2/c15-11-3-6-13(9(7-11)8-19)20-12-4-1-10(2-5-12)14(16,17)18/h3,6-7,10,12,20H,1-2,4-5H2. The van der Waals surface area contributed by atoms with Crippen LogP contribution in [0.1, 0.15) is 31.2 Å². The summed E-state index contributed by atoms with van der Waals surface area (Å²) in [6, 6.07) is 5.56. The van der Waals surface area contributed by atoms with E-state index < -0.39 is 17.9 Å². The highest BCUT2D eigenvalue weighted by molar-refractivity contribution is 5.57. The highest BCUT2D eigenvalue weighted by Crippen LogP contribution is 2.38. The Hall–Kier alpha value is -1.77. The number of anilines is 1. The molecular formula is C14H14F4N2. The highest BCUT2D eigenvalue weighted by Gasteiger charge is 2.41. The van der Waals surface area contributed by atoms with Crippen molar-refractivity contribution in [2.24, 2.45) is 5.92 Å². The lowest BCUT2D eigenvalue weighted by molar-refractivity contribution is -0.182. The minimum Gasteiger partial charge on any atom is -0.381 e. The van der Waals surface area contributed by atoms with Crippen LogP contribution in [0.4, 0.5) is 23.2 Å². The molecule has 20 heavy (non-hydrogen) atoms. The SMILES string of the molecule is N#Cc1cc(F)ccc1NC1CCC(C(F)(F)F)CC1. The van der Waals surface area contributed by atoms with E-state index in [0.717, 1.165) is 6.07 Å². The molecule has 0 unspecified atom stereocenters. The van der Waals surface area contributed by atoms with Crippen LogP contribution in [0.2, 0.25) is 0 Å². The lowest BCUT2D eigenvalue weighted by Crippen LogP contribution is -2.33. The van der Waals surface area contributed by atoms with Gasteiger partial charge in [0.25, 0.3) is 0 Å². The molecule has 0 atom stereocenters. The van der Waals surface area contributed by atoms with E-state index in [2.05, 4.69) is 5.32 Å². The first kappa shape index (κ1) is 14.6. The van der Waals surface area contributed by atoms with Crippen molar-refractivity contribution in [2.75, 3.05) is 5.32 Å². The maximum absolute atomic E-state index is 13.0. The van der Waals surface area contributed by atoms with E-state index in [-0.39, 0.29) is 24.4 Å². The van der Waals surface area contributed by atoms with E-state index in [1.165, 1.54) is 12.1 Å². The van der Waals surface area contributed by atoms with E-state index in [0.29, 0.717) is 18.5 Å². The predicted octanol–water partition coefficient (Wildman–Crippen LogP) is 4.23. The number of alkyl halides is 3. The van der Waals surface area contributed by atoms with Gasteiger partial charge in [-0.2, -0.15) is 18.4 Å². The number of nitrogens with one attached hydrogen (secondary N) is 1. The minimum absolute atomic E-state index is 0.0875. The molecule has 1 aliphatic rings. The van der Waals surface area contributed by atoms with E-state index in [9.17, 15) is 17.6 Å². The number of hydrogen-bond acceptors (Lipinski definition) is 2. The van der Waals surface area contributed by atoms with Crippen LogP contribution >= 0.6 is 0 Å². The molecule has 1 fully saturated rings. The number of rotatable bonds is 2. The van der Waals surface area contributed by atoms with Gasteiger partial charge in [-0.05, 0) is 43.9 Å². The third-order valence-corrected chi connectivity index (χ3v) is 3.65. The fourth-order valence-electron chi connectivity index (χ4n) is 2.52. The van der Waals surface area contributed by atoms with Gasteiger partial charge in [-0.1, -0.05) is 0 Å². The molecule has 1 aliphatic carbocycles. The van der Waals surface area contributed by atoms with Crippen molar-refractivity contribution >= 4 is 5.69 Å². The number of nitriles is 1. The molecule has 1 saturated carbocycles. The van der Waals surface area contributed by atoms with Gasteiger partial charge in [-0.15, -0.1) is 0 Å². The Morgan fingerprint density at radius 1 is 1.15 bits per heavy atom. The fraction of sp³-hybridized carbons (Fsp3) is 0.500. The summed E-state index contributed by atoms with van der Waals surface area (Å²) in [5.41, 5.74) is 0.646. The zero-order chi connectivity index (χ0) is 14.8. The Labute approximate surface area is 114 Å². The first-order chi connectivity index (χ1) is 9.40. The Kier molecular flexibility index (Phi) is 4.17. The van der Waals surface area contributed by atoms with E-state index in [1.54, 1.807) is 0 Å². The van der Waals surface area contributed by atoms with Gasteiger partial charge >= 0.3 is 6.18 Å². The van der Waals surface area contributed by atoms with Gasteiger partial charge in [0.05, 0.1) is 17.2 Å². The monoisotopic (exact) mass is 286 g/mol. The number of nitrogens with zero attached hydrogens (tertiary/aromatic N) is 1. The molecule has 0 saturated heterocycles. The van der Waals surface area contributed by atoms with Crippen molar-refractivity contribution in [1.29, 1.82) is 5.26 Å². The predicted molar refractivity (Wildman–Crippen MR) is 66.5 cm³/mol. The summed E-state index contributed by atoms with van der Waals surface area (Å²) in [7, 11) is 0. The molecule has 0 aromatic heterocycles. The van der Waals surface area contributed by atoms with Gasteiger partial charge in [0, 0.05) is 6.04 Å². The summed E-state index contributed by atoms with van der Waals surface area (Å²) in [5, 5.41) is 12.0. The molecule has 0 amide bonds. The first-order valence-electron chi connectivity index (χ1n) is 6.43. The Balaban J connectivity index is 1.98. The zero-order valence-electron chi connectivity index (χ0n) is 10.7. The number of halogens is 4. The molecule has 0 aliphatic heterocycles. The molecule has 1 aromatic rings. The second-order valence-electron chi connectivity index (χ2n) is 5.04. The van der Waals surface area contributed by atoms with Gasteiger partial charge in [0.15, 0.2) is 0 Å². The average molecular weight is 286 g/mol. The van der Waals surface area contributed by atoms with Crippen molar-refractivity contribution in [2.45, 2.75) is 37.9 Å². The molecule has 0 radical (unpaired) electrons. The molecule has 0 spiro atoms. The molecule has 0 bridgehead atoms. The summed E-state index contributed by atoms with van der Waals surface area (Å²) in [6.07, 6.45) is -3.16. The molecule has 108 valence electrons. The molecular weight excluding hydrogens is 272 g/mol. The topological polar surface area (TPSA) is 35.8 Å². The van der Waals surface area contributed by atoms with Crippen LogP contribution in [-0.2, 0) is 0 Å². The van der Waals surface area contributed by atoms with Crippen LogP contribution in [0, 0.1) is 23.1 Å². The third kappa shape index (κ3) is 3.41. The van der Waals surface area contributed by atoms with Gasteiger partial charge in [-0.3, -0.25) is 0 Å². The summed E-state index contributed by atoms with van der Waals surface area (Å²) < 4.78 is 50.7. The second-order valence-corrected chi connectivity index (χ2v) is 5.04. The van der Waals surface area contributed by atoms with Crippen LogP contribution < -0.4 is 5.32 Å². The van der Waals surface area contributed by atoms with E-state index >= 15 is 0 Å². The Morgan fingerprint density at radius 3 is 2.35 bits per heavy atom. The van der Waals surface area contributed by atoms with Gasteiger partial charge < -0.3 is 5.32 Å². The van der Waals surface area contributed by atoms with Crippen LogP contribution in [0.25, 0.3) is 0 Å². The molecule has 0 heterocycles. The normalized spacial score (nSPS) is 23.1. The second kappa shape index (κ2) is 5.70. The van der Waals surface area contributed by atoms with E-state index in [1.807, 2.05) is 6.07 Å². The maximum Gasteiger partial charge on any atom is 0.391 e. The lowest BCUT2D eigenvalue weighted by Gasteiger charge is -2.31. The lowest BCUT2D eigenvalue weighted by atomic mass is 9.85. The van der Waals surface area contributed by atoms with Crippen molar-refractivity contribution in [3.8, 4) is 6.07 Å². The largest absolute Gasteiger partial charge is 0.391 e. The molecule has 2 nitrogen and oxygen atoms in total. The van der Waals surface area contributed by atoms with Crippen LogP contribution in [0.15, 0.2) is 18.2 Å². The molecule has 1 N–H and O–H groups in total. The number of benzene rings is 1. The van der Waals surface area contributed by atoms with Gasteiger partial charge in [-0.25, -0.2) is 4.39 Å². The van der Waals surface area contributed by atoms with Crippen LogP contribution in [0.3, 0.4) is 0 Å². The smallest absolute Gasteiger partial charge is 0.381 e. The van der Waals surface area contributed by atoms with Gasteiger partial charge in [0.1, 0.15) is 11.9 Å². The molecule has 1 aromatic carbocycles. The van der Waals surface area contributed by atoms with Crippen molar-refractivity contribution in [3.05, 3.63) is 29.6 Å². The fourth-order valence-corrected chi connectivity index (χ4v) is 2.52. The minimum atomic E-state index is -4.13. The summed E-state index contributed by atoms with van der Waals surface area (Å²) in [4.78, 5) is 0. The van der Waals surface area contributed by atoms with Crippen molar-refractivity contribution in [3.63, 3.8) is 0 Å². The summed E-state index contributed by atoms with van der Waals surface area (Å²) in [6.45, 7) is 0. The van der Waals surface area contributed by atoms with Crippen molar-refractivity contribution in [1.82, 2.24) is 0 Å².